The third kappa shape index (κ3) is 3.39. The molecule has 118 valence electrons. The van der Waals surface area contributed by atoms with Gasteiger partial charge in [0.05, 0.1) is 6.04 Å². The first kappa shape index (κ1) is 16.0. The number of fused-ring (bicyclic) bond motifs is 1. The molecule has 1 aliphatic carbocycles. The molecule has 4 atom stereocenters. The van der Waals surface area contributed by atoms with E-state index >= 15 is 0 Å². The Kier molecular flexibility index (Phi) is 5.41. The lowest BCUT2D eigenvalue weighted by molar-refractivity contribution is 0.0167. The zero-order valence-electron chi connectivity index (χ0n) is 12.9. The summed E-state index contributed by atoms with van der Waals surface area (Å²) in [5.74, 6) is 0.919. The molecule has 1 aromatic rings. The van der Waals surface area contributed by atoms with E-state index in [-0.39, 0.29) is 6.04 Å². The number of nitrogens with two attached hydrogens (primary N) is 1. The van der Waals surface area contributed by atoms with Gasteiger partial charge in [0, 0.05) is 26.8 Å². The van der Waals surface area contributed by atoms with Crippen LogP contribution in [0.25, 0.3) is 0 Å². The summed E-state index contributed by atoms with van der Waals surface area (Å²) in [6.07, 6.45) is 9.48. The first-order chi connectivity index (χ1) is 10.2. The summed E-state index contributed by atoms with van der Waals surface area (Å²) in [6.45, 7) is 3.46. The number of halogens is 1. The molecule has 2 heterocycles. The molecule has 0 bridgehead atoms. The van der Waals surface area contributed by atoms with Crippen LogP contribution in [-0.4, -0.2) is 23.5 Å². The molecule has 1 aromatic heterocycles. The second-order valence-electron chi connectivity index (χ2n) is 6.68. The van der Waals surface area contributed by atoms with E-state index in [9.17, 15) is 0 Å². The normalized spacial score (nSPS) is 29.9. The summed E-state index contributed by atoms with van der Waals surface area (Å²) in [7, 11) is 0. The van der Waals surface area contributed by atoms with Crippen LogP contribution >= 0.6 is 27.3 Å². The Morgan fingerprint density at radius 3 is 2.81 bits per heavy atom. The van der Waals surface area contributed by atoms with Gasteiger partial charge in [-0.3, -0.25) is 4.90 Å². The number of thiophene rings is 1. The molecule has 2 N–H and O–H groups in total. The molecule has 0 spiro atoms. The maximum absolute atomic E-state index is 6.56. The van der Waals surface area contributed by atoms with Gasteiger partial charge in [-0.15, -0.1) is 11.3 Å². The Balaban J connectivity index is 1.87. The quantitative estimate of drug-likeness (QED) is 0.812. The monoisotopic (exact) mass is 370 g/mol. The Morgan fingerprint density at radius 1 is 1.33 bits per heavy atom. The SMILES string of the molecule is CCC(N)C(c1cc(Br)cs1)N1CCC[C@H]2CCCC[C@H]21. The molecule has 4 heteroatoms. The van der Waals surface area contributed by atoms with Crippen LogP contribution in [0.2, 0.25) is 0 Å². The number of hydrogen-bond acceptors (Lipinski definition) is 3. The minimum atomic E-state index is 0.247. The topological polar surface area (TPSA) is 29.3 Å². The van der Waals surface area contributed by atoms with Crippen LogP contribution in [0.5, 0.6) is 0 Å². The maximum Gasteiger partial charge on any atom is 0.0596 e. The van der Waals surface area contributed by atoms with Crippen molar-refractivity contribution in [1.29, 1.82) is 0 Å². The van der Waals surface area contributed by atoms with E-state index in [2.05, 4.69) is 39.2 Å². The molecule has 21 heavy (non-hydrogen) atoms. The fourth-order valence-corrected chi connectivity index (χ4v) is 5.98. The van der Waals surface area contributed by atoms with Crippen molar-refractivity contribution in [2.45, 2.75) is 70.0 Å². The highest BCUT2D eigenvalue weighted by Gasteiger charge is 2.39. The highest BCUT2D eigenvalue weighted by Crippen LogP contribution is 2.42. The molecule has 2 aliphatic rings. The maximum atomic E-state index is 6.56. The Bertz CT molecular complexity index is 459. The lowest BCUT2D eigenvalue weighted by atomic mass is 9.77. The summed E-state index contributed by atoms with van der Waals surface area (Å²) in [5, 5.41) is 2.20. The molecular formula is C17H27BrN2S. The van der Waals surface area contributed by atoms with Crippen molar-refractivity contribution in [3.63, 3.8) is 0 Å². The van der Waals surface area contributed by atoms with Gasteiger partial charge in [-0.05, 0) is 66.6 Å². The van der Waals surface area contributed by atoms with E-state index in [4.69, 9.17) is 5.73 Å². The number of hydrogen-bond donors (Lipinski definition) is 1. The van der Waals surface area contributed by atoms with E-state index < -0.39 is 0 Å². The van der Waals surface area contributed by atoms with Gasteiger partial charge in [0.2, 0.25) is 0 Å². The van der Waals surface area contributed by atoms with E-state index in [1.165, 1.54) is 54.4 Å². The summed E-state index contributed by atoms with van der Waals surface area (Å²) in [6, 6.07) is 3.72. The number of nitrogens with zero attached hydrogens (tertiary/aromatic N) is 1. The van der Waals surface area contributed by atoms with Crippen molar-refractivity contribution < 1.29 is 0 Å². The van der Waals surface area contributed by atoms with Crippen molar-refractivity contribution in [2.75, 3.05) is 6.54 Å². The van der Waals surface area contributed by atoms with E-state index in [1.807, 2.05) is 11.3 Å². The number of piperidine rings is 1. The fourth-order valence-electron chi connectivity index (χ4n) is 4.34. The molecule has 0 radical (unpaired) electrons. The minimum absolute atomic E-state index is 0.247. The van der Waals surface area contributed by atoms with Gasteiger partial charge in [0.15, 0.2) is 0 Å². The molecule has 1 aliphatic heterocycles. The van der Waals surface area contributed by atoms with Gasteiger partial charge in [0.1, 0.15) is 0 Å². The van der Waals surface area contributed by atoms with Crippen molar-refractivity contribution in [1.82, 2.24) is 4.90 Å². The zero-order chi connectivity index (χ0) is 14.8. The smallest absolute Gasteiger partial charge is 0.0596 e. The Morgan fingerprint density at radius 2 is 2.10 bits per heavy atom. The second-order valence-corrected chi connectivity index (χ2v) is 8.53. The highest BCUT2D eigenvalue weighted by atomic mass is 79.9. The minimum Gasteiger partial charge on any atom is -0.326 e. The van der Waals surface area contributed by atoms with Crippen LogP contribution in [0.4, 0.5) is 0 Å². The lowest BCUT2D eigenvalue weighted by Gasteiger charge is -2.48. The third-order valence-corrected chi connectivity index (χ3v) is 7.16. The van der Waals surface area contributed by atoms with Gasteiger partial charge in [-0.25, -0.2) is 0 Å². The van der Waals surface area contributed by atoms with Gasteiger partial charge < -0.3 is 5.73 Å². The Labute approximate surface area is 141 Å². The van der Waals surface area contributed by atoms with Crippen LogP contribution in [0.15, 0.2) is 15.9 Å². The predicted octanol–water partition coefficient (Wildman–Crippen LogP) is 4.94. The van der Waals surface area contributed by atoms with E-state index in [0.29, 0.717) is 6.04 Å². The second kappa shape index (κ2) is 7.12. The van der Waals surface area contributed by atoms with E-state index in [1.54, 1.807) is 0 Å². The standard InChI is InChI=1S/C17H27BrN2S/c1-2-14(19)17(16-10-13(18)11-21-16)20-9-5-7-12-6-3-4-8-15(12)20/h10-12,14-15,17H,2-9,19H2,1H3/t12-,14?,15-,17?/m1/s1. The molecule has 1 saturated carbocycles. The summed E-state index contributed by atoms with van der Waals surface area (Å²) < 4.78 is 1.20. The molecule has 0 aromatic carbocycles. The third-order valence-electron chi connectivity index (χ3n) is 5.40. The number of likely N-dealkylation sites (tertiary alicyclic amines) is 1. The summed E-state index contributed by atoms with van der Waals surface area (Å²) in [5.41, 5.74) is 6.56. The van der Waals surface area contributed by atoms with E-state index in [0.717, 1.165) is 18.4 Å². The van der Waals surface area contributed by atoms with Crippen LogP contribution in [0.3, 0.4) is 0 Å². The average Bonchev–Trinajstić information content (AvgIpc) is 2.93. The van der Waals surface area contributed by atoms with Gasteiger partial charge in [-0.1, -0.05) is 19.8 Å². The number of rotatable bonds is 4. The van der Waals surface area contributed by atoms with Crippen LogP contribution in [0.1, 0.15) is 62.8 Å². The van der Waals surface area contributed by atoms with Gasteiger partial charge in [0.25, 0.3) is 0 Å². The fraction of sp³-hybridized carbons (Fsp3) is 0.765. The molecule has 2 fully saturated rings. The van der Waals surface area contributed by atoms with Crippen LogP contribution < -0.4 is 5.73 Å². The predicted molar refractivity (Wildman–Crippen MR) is 94.7 cm³/mol. The first-order valence-electron chi connectivity index (χ1n) is 8.46. The summed E-state index contributed by atoms with van der Waals surface area (Å²) >= 11 is 5.48. The summed E-state index contributed by atoms with van der Waals surface area (Å²) in [4.78, 5) is 4.22. The molecule has 2 unspecified atom stereocenters. The Hall–Kier alpha value is 0.1000. The molecule has 1 saturated heterocycles. The average molecular weight is 371 g/mol. The van der Waals surface area contributed by atoms with Crippen molar-refractivity contribution in [3.8, 4) is 0 Å². The van der Waals surface area contributed by atoms with Crippen LogP contribution in [0, 0.1) is 5.92 Å². The first-order valence-corrected chi connectivity index (χ1v) is 10.1. The molecule has 3 rings (SSSR count). The van der Waals surface area contributed by atoms with Crippen molar-refractivity contribution >= 4 is 27.3 Å². The van der Waals surface area contributed by atoms with Crippen molar-refractivity contribution in [2.24, 2.45) is 11.7 Å². The van der Waals surface area contributed by atoms with Gasteiger partial charge in [-0.2, -0.15) is 0 Å². The lowest BCUT2D eigenvalue weighted by Crippen LogP contribution is -2.52. The van der Waals surface area contributed by atoms with Crippen LogP contribution in [-0.2, 0) is 0 Å². The molecule has 0 amide bonds. The molecular weight excluding hydrogens is 344 g/mol. The van der Waals surface area contributed by atoms with Crippen molar-refractivity contribution in [3.05, 3.63) is 20.8 Å². The van der Waals surface area contributed by atoms with Gasteiger partial charge >= 0.3 is 0 Å². The largest absolute Gasteiger partial charge is 0.326 e. The highest BCUT2D eigenvalue weighted by molar-refractivity contribution is 9.10. The zero-order valence-corrected chi connectivity index (χ0v) is 15.3. The molecule has 2 nitrogen and oxygen atoms in total.